The van der Waals surface area contributed by atoms with Gasteiger partial charge in [0.2, 0.25) is 0 Å². The molecule has 0 saturated heterocycles. The highest BCUT2D eigenvalue weighted by molar-refractivity contribution is 5.72. The molecular weight excluding hydrogens is 216 g/mol. The summed E-state index contributed by atoms with van der Waals surface area (Å²) in [6.07, 6.45) is 7.23. The fourth-order valence-corrected chi connectivity index (χ4v) is 2.41. The minimum absolute atomic E-state index is 0.172. The zero-order chi connectivity index (χ0) is 12.7. The standard InChI is InChI=1S/C14H24O3/c1-3-5-6-7-12-11(8-9-13(12)15)10-14(16)17-4-2/h8,12-13,15H,3-7,9-10H2,1-2H3. The van der Waals surface area contributed by atoms with Crippen molar-refractivity contribution in [3.05, 3.63) is 11.6 Å². The Kier molecular flexibility index (Phi) is 6.27. The summed E-state index contributed by atoms with van der Waals surface area (Å²) in [5.74, 6) is -0.000650. The molecule has 17 heavy (non-hydrogen) atoms. The average Bonchev–Trinajstić information content (AvgIpc) is 2.62. The number of esters is 1. The van der Waals surface area contributed by atoms with Crippen molar-refractivity contribution in [2.75, 3.05) is 6.61 Å². The molecule has 0 saturated carbocycles. The van der Waals surface area contributed by atoms with E-state index in [9.17, 15) is 9.90 Å². The molecule has 1 aliphatic carbocycles. The maximum absolute atomic E-state index is 11.4. The second-order valence-corrected chi connectivity index (χ2v) is 4.67. The van der Waals surface area contributed by atoms with Crippen molar-refractivity contribution in [1.82, 2.24) is 0 Å². The molecule has 0 fully saturated rings. The number of carbonyl (C=O) groups excluding carboxylic acids is 1. The molecule has 1 aliphatic rings. The lowest BCUT2D eigenvalue weighted by atomic mass is 9.91. The topological polar surface area (TPSA) is 46.5 Å². The average molecular weight is 240 g/mol. The first kappa shape index (κ1) is 14.2. The smallest absolute Gasteiger partial charge is 0.309 e. The van der Waals surface area contributed by atoms with Crippen molar-refractivity contribution in [1.29, 1.82) is 0 Å². The number of aliphatic hydroxyl groups excluding tert-OH is 1. The summed E-state index contributed by atoms with van der Waals surface area (Å²) in [4.78, 5) is 11.4. The van der Waals surface area contributed by atoms with E-state index in [0.717, 1.165) is 18.4 Å². The minimum atomic E-state index is -0.295. The molecule has 0 aliphatic heterocycles. The van der Waals surface area contributed by atoms with Crippen LogP contribution in [0.5, 0.6) is 0 Å². The van der Waals surface area contributed by atoms with Gasteiger partial charge in [0.05, 0.1) is 19.1 Å². The molecular formula is C14H24O3. The molecule has 1 N–H and O–H groups in total. The van der Waals surface area contributed by atoms with Gasteiger partial charge in [0.15, 0.2) is 0 Å². The van der Waals surface area contributed by atoms with Crippen LogP contribution in [0.2, 0.25) is 0 Å². The van der Waals surface area contributed by atoms with Crippen molar-refractivity contribution in [3.63, 3.8) is 0 Å². The van der Waals surface area contributed by atoms with Gasteiger partial charge in [-0.15, -0.1) is 0 Å². The predicted molar refractivity (Wildman–Crippen MR) is 67.6 cm³/mol. The molecule has 3 nitrogen and oxygen atoms in total. The Morgan fingerprint density at radius 1 is 1.47 bits per heavy atom. The van der Waals surface area contributed by atoms with E-state index in [1.807, 2.05) is 13.0 Å². The Labute approximate surface area is 104 Å². The Bertz CT molecular complexity index is 271. The van der Waals surface area contributed by atoms with Crippen molar-refractivity contribution in [2.45, 2.75) is 58.5 Å². The number of ether oxygens (including phenoxy) is 1. The third kappa shape index (κ3) is 4.50. The lowest BCUT2D eigenvalue weighted by Crippen LogP contribution is -2.18. The predicted octanol–water partition coefficient (Wildman–Crippen LogP) is 2.83. The van der Waals surface area contributed by atoms with Crippen molar-refractivity contribution < 1.29 is 14.6 Å². The first-order valence-corrected chi connectivity index (χ1v) is 6.71. The van der Waals surface area contributed by atoms with Gasteiger partial charge in [0.1, 0.15) is 0 Å². The summed E-state index contributed by atoms with van der Waals surface area (Å²) in [6.45, 7) is 4.41. The van der Waals surface area contributed by atoms with E-state index in [1.165, 1.54) is 12.8 Å². The van der Waals surface area contributed by atoms with Gasteiger partial charge < -0.3 is 9.84 Å². The van der Waals surface area contributed by atoms with Crippen LogP contribution in [0.15, 0.2) is 11.6 Å². The first-order valence-electron chi connectivity index (χ1n) is 6.71. The molecule has 1 rings (SSSR count). The van der Waals surface area contributed by atoms with Crippen LogP contribution in [0.1, 0.15) is 52.4 Å². The highest BCUT2D eigenvalue weighted by Gasteiger charge is 2.28. The molecule has 2 atom stereocenters. The van der Waals surface area contributed by atoms with Crippen LogP contribution >= 0.6 is 0 Å². The molecule has 0 aromatic rings. The monoisotopic (exact) mass is 240 g/mol. The highest BCUT2D eigenvalue weighted by atomic mass is 16.5. The zero-order valence-electron chi connectivity index (χ0n) is 10.9. The number of aliphatic hydroxyl groups is 1. The molecule has 2 unspecified atom stereocenters. The van der Waals surface area contributed by atoms with Crippen LogP contribution in [0, 0.1) is 5.92 Å². The molecule has 0 bridgehead atoms. The van der Waals surface area contributed by atoms with Crippen LogP contribution in [0.25, 0.3) is 0 Å². The molecule has 0 heterocycles. The lowest BCUT2D eigenvalue weighted by Gasteiger charge is -2.18. The second-order valence-electron chi connectivity index (χ2n) is 4.67. The quantitative estimate of drug-likeness (QED) is 0.423. The fraction of sp³-hybridized carbons (Fsp3) is 0.786. The first-order chi connectivity index (χ1) is 8.19. The summed E-state index contributed by atoms with van der Waals surface area (Å²) in [7, 11) is 0. The summed E-state index contributed by atoms with van der Waals surface area (Å²) >= 11 is 0. The fourth-order valence-electron chi connectivity index (χ4n) is 2.41. The molecule has 0 aromatic heterocycles. The maximum atomic E-state index is 11.4. The van der Waals surface area contributed by atoms with E-state index in [2.05, 4.69) is 6.92 Å². The third-order valence-corrected chi connectivity index (χ3v) is 3.33. The summed E-state index contributed by atoms with van der Waals surface area (Å²) in [5.41, 5.74) is 1.08. The van der Waals surface area contributed by atoms with Gasteiger partial charge in [-0.2, -0.15) is 0 Å². The van der Waals surface area contributed by atoms with Gasteiger partial charge in [-0.05, 0) is 19.8 Å². The number of unbranched alkanes of at least 4 members (excludes halogenated alkanes) is 2. The van der Waals surface area contributed by atoms with Crippen LogP contribution in [0.3, 0.4) is 0 Å². The number of carbonyl (C=O) groups is 1. The SMILES string of the molecule is CCCCCC1C(CC(=O)OCC)=CCC1O. The van der Waals surface area contributed by atoms with Gasteiger partial charge >= 0.3 is 5.97 Å². The van der Waals surface area contributed by atoms with E-state index in [1.54, 1.807) is 0 Å². The van der Waals surface area contributed by atoms with Gasteiger partial charge in [-0.3, -0.25) is 4.79 Å². The molecule has 98 valence electrons. The zero-order valence-corrected chi connectivity index (χ0v) is 10.9. The summed E-state index contributed by atoms with van der Waals surface area (Å²) in [5, 5.41) is 9.90. The van der Waals surface area contributed by atoms with Crippen LogP contribution in [-0.2, 0) is 9.53 Å². The Balaban J connectivity index is 2.43. The van der Waals surface area contributed by atoms with E-state index < -0.39 is 0 Å². The van der Waals surface area contributed by atoms with Crippen molar-refractivity contribution in [2.24, 2.45) is 5.92 Å². The molecule has 0 amide bonds. The Morgan fingerprint density at radius 3 is 2.88 bits per heavy atom. The summed E-state index contributed by atoms with van der Waals surface area (Å²) in [6, 6.07) is 0. The van der Waals surface area contributed by atoms with Gasteiger partial charge in [-0.25, -0.2) is 0 Å². The van der Waals surface area contributed by atoms with Crippen LogP contribution in [0.4, 0.5) is 0 Å². The van der Waals surface area contributed by atoms with Gasteiger partial charge in [0.25, 0.3) is 0 Å². The second kappa shape index (κ2) is 7.49. The minimum Gasteiger partial charge on any atom is -0.466 e. The normalized spacial score (nSPS) is 23.6. The Morgan fingerprint density at radius 2 is 2.24 bits per heavy atom. The largest absolute Gasteiger partial charge is 0.466 e. The third-order valence-electron chi connectivity index (χ3n) is 3.33. The highest BCUT2D eigenvalue weighted by Crippen LogP contribution is 2.33. The van der Waals surface area contributed by atoms with Gasteiger partial charge in [-0.1, -0.05) is 37.8 Å². The molecule has 3 heteroatoms. The van der Waals surface area contributed by atoms with E-state index in [-0.39, 0.29) is 18.0 Å². The molecule has 0 spiro atoms. The van der Waals surface area contributed by atoms with Crippen LogP contribution < -0.4 is 0 Å². The number of hydrogen-bond acceptors (Lipinski definition) is 3. The maximum Gasteiger partial charge on any atom is 0.309 e. The van der Waals surface area contributed by atoms with Crippen molar-refractivity contribution >= 4 is 5.97 Å². The van der Waals surface area contributed by atoms with Crippen molar-refractivity contribution in [3.8, 4) is 0 Å². The van der Waals surface area contributed by atoms with E-state index in [0.29, 0.717) is 19.4 Å². The number of hydrogen-bond donors (Lipinski definition) is 1. The van der Waals surface area contributed by atoms with E-state index in [4.69, 9.17) is 4.74 Å². The van der Waals surface area contributed by atoms with Crippen LogP contribution in [-0.4, -0.2) is 23.8 Å². The summed E-state index contributed by atoms with van der Waals surface area (Å²) < 4.78 is 4.95. The molecule has 0 aromatic carbocycles. The van der Waals surface area contributed by atoms with Gasteiger partial charge in [0, 0.05) is 5.92 Å². The number of rotatable bonds is 7. The van der Waals surface area contributed by atoms with E-state index >= 15 is 0 Å². The Hall–Kier alpha value is -0.830. The lowest BCUT2D eigenvalue weighted by molar-refractivity contribution is -0.142. The molecule has 0 radical (unpaired) electrons.